The average Bonchev–Trinajstić information content (AvgIpc) is 3.77. The predicted molar refractivity (Wildman–Crippen MR) is 191 cm³/mol. The normalized spacial score (nSPS) is 24.7. The second kappa shape index (κ2) is 16.4. The van der Waals surface area contributed by atoms with Gasteiger partial charge in [0.05, 0.1) is 34.7 Å². The van der Waals surface area contributed by atoms with E-state index in [1.54, 1.807) is 53.3 Å². The van der Waals surface area contributed by atoms with Gasteiger partial charge >= 0.3 is 5.97 Å². The molecule has 0 aromatic heterocycles. The summed E-state index contributed by atoms with van der Waals surface area (Å²) >= 11 is 6.58. The van der Waals surface area contributed by atoms with Crippen LogP contribution in [0.15, 0.2) is 79.9 Å². The van der Waals surface area contributed by atoms with Gasteiger partial charge in [0.25, 0.3) is 5.91 Å². The number of aliphatic hydroxyl groups is 1. The van der Waals surface area contributed by atoms with Crippen LogP contribution in [-0.2, 0) is 28.7 Å². The van der Waals surface area contributed by atoms with Crippen LogP contribution >= 0.6 is 11.6 Å². The van der Waals surface area contributed by atoms with Crippen LogP contribution in [-0.4, -0.2) is 89.1 Å². The fourth-order valence-corrected chi connectivity index (χ4v) is 8.13. The van der Waals surface area contributed by atoms with Crippen molar-refractivity contribution in [1.29, 1.82) is 0 Å². The standard InChI is InChI=1S/C39H48ClN3O7/c1-5-7-20-31(45)41(4)26(3)34(27-16-10-8-11-17-27)49-38(48)32-30-21-22-39(50-30)33(32)36(46)43(24-14-9-15-25-44)35(39)37(47)42(23-6-2)29-19-13-12-18-28(29)40/h5-6,8,10-13,16-19,26,30,32-35,44H,1-2,7,9,14-15,20-25H2,3-4H3/t26-,30-,32+,33+,34+,35-,39+/m1/s1. The van der Waals surface area contributed by atoms with Gasteiger partial charge in [-0.15, -0.1) is 13.2 Å². The number of anilines is 1. The van der Waals surface area contributed by atoms with E-state index in [1.807, 2.05) is 37.3 Å². The van der Waals surface area contributed by atoms with E-state index in [-0.39, 0.29) is 43.8 Å². The Labute approximate surface area is 299 Å². The summed E-state index contributed by atoms with van der Waals surface area (Å²) in [5, 5.41) is 9.76. The van der Waals surface area contributed by atoms with Crippen LogP contribution in [0.4, 0.5) is 5.69 Å². The summed E-state index contributed by atoms with van der Waals surface area (Å²) in [6, 6.07) is 14.7. The summed E-state index contributed by atoms with van der Waals surface area (Å²) in [6.45, 7) is 9.84. The second-order valence-electron chi connectivity index (χ2n) is 13.4. The number of nitrogens with zero attached hydrogens (tertiary/aromatic N) is 3. The largest absolute Gasteiger partial charge is 0.455 e. The number of hydrogen-bond donors (Lipinski definition) is 1. The molecule has 0 saturated carbocycles. The highest BCUT2D eigenvalue weighted by Gasteiger charge is 2.75. The average molecular weight is 706 g/mol. The quantitative estimate of drug-likeness (QED) is 0.131. The van der Waals surface area contributed by atoms with Gasteiger partial charge in [-0.2, -0.15) is 0 Å². The first kappa shape index (κ1) is 37.3. The molecule has 0 aliphatic carbocycles. The van der Waals surface area contributed by atoms with E-state index in [4.69, 9.17) is 21.1 Å². The zero-order chi connectivity index (χ0) is 36.0. The number of esters is 1. The molecule has 10 nitrogen and oxygen atoms in total. The minimum absolute atomic E-state index is 0.0250. The van der Waals surface area contributed by atoms with Crippen molar-refractivity contribution in [3.63, 3.8) is 0 Å². The molecule has 50 heavy (non-hydrogen) atoms. The molecule has 5 rings (SSSR count). The molecule has 3 fully saturated rings. The monoisotopic (exact) mass is 705 g/mol. The molecule has 0 unspecified atom stereocenters. The third-order valence-electron chi connectivity index (χ3n) is 10.5. The molecule has 3 aliphatic heterocycles. The number of likely N-dealkylation sites (N-methyl/N-ethyl adjacent to an activating group) is 1. The van der Waals surface area contributed by atoms with Crippen molar-refractivity contribution < 1.29 is 33.8 Å². The zero-order valence-corrected chi connectivity index (χ0v) is 29.7. The van der Waals surface area contributed by atoms with Crippen LogP contribution in [0.25, 0.3) is 0 Å². The maximum absolute atomic E-state index is 14.7. The Kier molecular flexibility index (Phi) is 12.2. The molecule has 3 aliphatic rings. The van der Waals surface area contributed by atoms with Crippen molar-refractivity contribution in [2.45, 2.75) is 81.8 Å². The number of carbonyl (C=O) groups is 4. The van der Waals surface area contributed by atoms with Crippen LogP contribution in [0.1, 0.15) is 63.5 Å². The third kappa shape index (κ3) is 7.11. The summed E-state index contributed by atoms with van der Waals surface area (Å²) in [7, 11) is 1.69. The van der Waals surface area contributed by atoms with E-state index in [9.17, 15) is 24.3 Å². The number of para-hydroxylation sites is 1. The smallest absolute Gasteiger partial charge is 0.313 e. The van der Waals surface area contributed by atoms with Crippen molar-refractivity contribution in [1.82, 2.24) is 9.80 Å². The van der Waals surface area contributed by atoms with Crippen LogP contribution in [0, 0.1) is 11.8 Å². The molecule has 3 saturated heterocycles. The van der Waals surface area contributed by atoms with Gasteiger partial charge in [-0.1, -0.05) is 66.2 Å². The number of likely N-dealkylation sites (tertiary alicyclic amines) is 1. The van der Waals surface area contributed by atoms with Gasteiger partial charge in [-0.3, -0.25) is 19.2 Å². The highest BCUT2D eigenvalue weighted by atomic mass is 35.5. The summed E-state index contributed by atoms with van der Waals surface area (Å²) in [4.78, 5) is 61.4. The first-order valence-corrected chi connectivity index (χ1v) is 17.9. The number of carbonyl (C=O) groups excluding carboxylic acids is 4. The lowest BCUT2D eigenvalue weighted by Crippen LogP contribution is -2.56. The Morgan fingerprint density at radius 3 is 2.50 bits per heavy atom. The number of ether oxygens (including phenoxy) is 2. The van der Waals surface area contributed by atoms with Gasteiger partial charge in [0.2, 0.25) is 11.8 Å². The molecule has 7 atom stereocenters. The second-order valence-corrected chi connectivity index (χ2v) is 13.8. The molecule has 0 radical (unpaired) electrons. The lowest BCUT2D eigenvalue weighted by atomic mass is 9.70. The molecule has 11 heteroatoms. The Bertz CT molecular complexity index is 1570. The number of aliphatic hydroxyl groups excluding tert-OH is 1. The van der Waals surface area contributed by atoms with Crippen molar-refractivity contribution in [3.05, 3.63) is 90.5 Å². The summed E-state index contributed by atoms with van der Waals surface area (Å²) in [6.07, 6.45) is 5.34. The van der Waals surface area contributed by atoms with Gasteiger partial charge in [0.1, 0.15) is 17.7 Å². The minimum atomic E-state index is -1.24. The lowest BCUT2D eigenvalue weighted by Gasteiger charge is -2.37. The summed E-state index contributed by atoms with van der Waals surface area (Å²) in [5.74, 6) is -3.26. The van der Waals surface area contributed by atoms with Crippen LogP contribution in [0.2, 0.25) is 5.02 Å². The SMILES string of the molecule is C=CCCC(=O)N(C)[C@H](C)[C@H](OC(=O)[C@@H]1[C@H]2C(=O)N(CCCCCO)[C@H](C(=O)N(CC=C)c3ccccc3Cl)[C@]23CC[C@H]1O3)c1ccccc1. The van der Waals surface area contributed by atoms with Gasteiger partial charge in [0, 0.05) is 33.2 Å². The van der Waals surface area contributed by atoms with E-state index in [0.29, 0.717) is 54.8 Å². The van der Waals surface area contributed by atoms with Crippen LogP contribution < -0.4 is 4.90 Å². The highest BCUT2D eigenvalue weighted by Crippen LogP contribution is 2.59. The highest BCUT2D eigenvalue weighted by molar-refractivity contribution is 6.34. The zero-order valence-electron chi connectivity index (χ0n) is 28.9. The van der Waals surface area contributed by atoms with E-state index in [1.165, 1.54) is 4.90 Å². The van der Waals surface area contributed by atoms with E-state index < -0.39 is 47.7 Å². The molecule has 268 valence electrons. The van der Waals surface area contributed by atoms with E-state index in [2.05, 4.69) is 13.2 Å². The number of hydrogen-bond acceptors (Lipinski definition) is 7. The molecule has 2 aromatic rings. The molecule has 1 spiro atoms. The van der Waals surface area contributed by atoms with Crippen LogP contribution in [0.5, 0.6) is 0 Å². The van der Waals surface area contributed by atoms with Crippen molar-refractivity contribution >= 4 is 41.0 Å². The maximum atomic E-state index is 14.7. The Morgan fingerprint density at radius 2 is 1.82 bits per heavy atom. The first-order chi connectivity index (χ1) is 24.1. The van der Waals surface area contributed by atoms with E-state index >= 15 is 0 Å². The summed E-state index contributed by atoms with van der Waals surface area (Å²) in [5.41, 5.74) is -0.0425. The van der Waals surface area contributed by atoms with Gasteiger partial charge in [-0.25, -0.2) is 0 Å². The number of benzene rings is 2. The number of fused-ring (bicyclic) bond motifs is 1. The fraction of sp³-hybridized carbons (Fsp3) is 0.487. The first-order valence-electron chi connectivity index (χ1n) is 17.5. The summed E-state index contributed by atoms with van der Waals surface area (Å²) < 4.78 is 13.0. The number of unbranched alkanes of at least 4 members (excludes halogenated alkanes) is 2. The van der Waals surface area contributed by atoms with Crippen molar-refractivity contribution in [3.8, 4) is 0 Å². The van der Waals surface area contributed by atoms with Crippen molar-refractivity contribution in [2.75, 3.05) is 31.6 Å². The number of rotatable bonds is 17. The molecular formula is C39H48ClN3O7. The van der Waals surface area contributed by atoms with E-state index in [0.717, 1.165) is 0 Å². The molecule has 1 N–H and O–H groups in total. The Morgan fingerprint density at radius 1 is 1.10 bits per heavy atom. The fourth-order valence-electron chi connectivity index (χ4n) is 7.89. The molecule has 2 aromatic carbocycles. The molecule has 2 bridgehead atoms. The Balaban J connectivity index is 1.49. The van der Waals surface area contributed by atoms with Gasteiger partial charge in [-0.05, 0) is 63.1 Å². The van der Waals surface area contributed by atoms with Crippen molar-refractivity contribution in [2.24, 2.45) is 11.8 Å². The topological polar surface area (TPSA) is 117 Å². The molecule has 3 heterocycles. The molecular weight excluding hydrogens is 658 g/mol. The van der Waals surface area contributed by atoms with Gasteiger partial charge < -0.3 is 29.3 Å². The van der Waals surface area contributed by atoms with Gasteiger partial charge in [0.15, 0.2) is 0 Å². The number of allylic oxidation sites excluding steroid dienone is 1. The number of amides is 3. The number of halogens is 1. The third-order valence-corrected chi connectivity index (χ3v) is 10.8. The lowest BCUT2D eigenvalue weighted by molar-refractivity contribution is -0.164. The Hall–Kier alpha value is -3.99. The van der Waals surface area contributed by atoms with Crippen LogP contribution in [0.3, 0.4) is 0 Å². The minimum Gasteiger partial charge on any atom is -0.455 e. The predicted octanol–water partition coefficient (Wildman–Crippen LogP) is 5.49. The molecule has 3 amide bonds. The maximum Gasteiger partial charge on any atom is 0.313 e.